The highest BCUT2D eigenvalue weighted by Crippen LogP contribution is 2.64. The second-order valence-corrected chi connectivity index (χ2v) is 11.3. The number of carbonyl (C=O) groups is 3. The Bertz CT molecular complexity index is 794. The molecule has 29 heavy (non-hydrogen) atoms. The van der Waals surface area contributed by atoms with Crippen LogP contribution < -0.4 is 0 Å². The highest BCUT2D eigenvalue weighted by molar-refractivity contribution is 7.75. The summed E-state index contributed by atoms with van der Waals surface area (Å²) in [6.45, 7) is 8.40. The van der Waals surface area contributed by atoms with Crippen molar-refractivity contribution >= 4 is 29.0 Å². The van der Waals surface area contributed by atoms with Crippen LogP contribution in [0.15, 0.2) is 0 Å². The number of hydroxylamine groups is 2. The van der Waals surface area contributed by atoms with E-state index >= 15 is 0 Å². The Hall–Kier alpha value is -1.12. The van der Waals surface area contributed by atoms with Gasteiger partial charge in [-0.05, 0) is 54.3 Å². The summed E-state index contributed by atoms with van der Waals surface area (Å²) in [7, 11) is 0. The Balaban J connectivity index is 1.26. The van der Waals surface area contributed by atoms with E-state index in [9.17, 15) is 18.6 Å². The van der Waals surface area contributed by atoms with Gasteiger partial charge in [0.25, 0.3) is 11.8 Å². The van der Waals surface area contributed by atoms with Crippen molar-refractivity contribution in [1.29, 1.82) is 0 Å². The Morgan fingerprint density at radius 2 is 1.66 bits per heavy atom. The summed E-state index contributed by atoms with van der Waals surface area (Å²) in [6, 6.07) is 0. The monoisotopic (exact) mass is 423 g/mol. The van der Waals surface area contributed by atoms with Crippen molar-refractivity contribution in [1.82, 2.24) is 5.06 Å². The summed E-state index contributed by atoms with van der Waals surface area (Å²) in [4.78, 5) is 38.3. The lowest BCUT2D eigenvalue weighted by molar-refractivity contribution is -0.167. The van der Waals surface area contributed by atoms with Crippen molar-refractivity contribution in [3.8, 4) is 0 Å². The molecular formula is C21H29NO6S. The highest BCUT2D eigenvalue weighted by Gasteiger charge is 2.67. The largest absolute Gasteiger partial charge is 0.328 e. The third kappa shape index (κ3) is 2.36. The van der Waals surface area contributed by atoms with Gasteiger partial charge in [0.05, 0.1) is 23.9 Å². The summed E-state index contributed by atoms with van der Waals surface area (Å²) in [5.74, 6) is 0.136. The van der Waals surface area contributed by atoms with E-state index in [2.05, 4.69) is 27.7 Å². The van der Waals surface area contributed by atoms with Gasteiger partial charge in [0.15, 0.2) is 0 Å². The van der Waals surface area contributed by atoms with Crippen LogP contribution in [0.3, 0.4) is 0 Å². The molecular weight excluding hydrogens is 394 g/mol. The minimum Gasteiger partial charge on any atom is -0.299 e. The number of imide groups is 1. The first-order valence-corrected chi connectivity index (χ1v) is 11.7. The molecule has 4 saturated carbocycles. The molecule has 4 aliphatic carbocycles. The van der Waals surface area contributed by atoms with Gasteiger partial charge >= 0.3 is 11.4 Å². The Morgan fingerprint density at radius 1 is 1.07 bits per heavy atom. The van der Waals surface area contributed by atoms with Gasteiger partial charge in [-0.3, -0.25) is 18.6 Å². The Kier molecular flexibility index (Phi) is 4.24. The smallest absolute Gasteiger partial charge is 0.299 e. The maximum absolute atomic E-state index is 12.9. The molecule has 1 saturated heterocycles. The van der Waals surface area contributed by atoms with Gasteiger partial charge in [-0.2, -0.15) is 4.21 Å². The Labute approximate surface area is 173 Å². The van der Waals surface area contributed by atoms with E-state index < -0.39 is 16.8 Å². The molecule has 0 N–H and O–H groups in total. The molecule has 8 heteroatoms. The topological polar surface area (TPSA) is 90.0 Å². The number of rotatable bonds is 5. The normalized spacial score (nSPS) is 48.1. The van der Waals surface area contributed by atoms with Crippen molar-refractivity contribution in [3.63, 3.8) is 0 Å². The second-order valence-electron chi connectivity index (χ2n) is 10.5. The first-order valence-electron chi connectivity index (χ1n) is 10.7. The maximum atomic E-state index is 12.9. The van der Waals surface area contributed by atoms with Crippen molar-refractivity contribution in [2.45, 2.75) is 53.4 Å². The number of hydrogen-bond donors (Lipinski definition) is 0. The minimum atomic E-state index is -2.30. The van der Waals surface area contributed by atoms with Crippen LogP contribution in [0, 0.1) is 52.3 Å². The van der Waals surface area contributed by atoms with E-state index in [0.29, 0.717) is 35.7 Å². The molecule has 1 heterocycles. The zero-order chi connectivity index (χ0) is 20.9. The van der Waals surface area contributed by atoms with E-state index in [-0.39, 0.29) is 53.3 Å². The SMILES string of the molecule is CC1C(C)C2CC1C1C(=O)N(OS(=O)OCC34CCC(CC3=O)C4(C)C)C(=O)C21. The lowest BCUT2D eigenvalue weighted by atomic mass is 9.69. The summed E-state index contributed by atoms with van der Waals surface area (Å²) < 4.78 is 23.1. The molecule has 5 fully saturated rings. The van der Waals surface area contributed by atoms with E-state index in [4.69, 9.17) is 8.47 Å². The average Bonchev–Trinajstić information content (AvgIpc) is 3.37. The van der Waals surface area contributed by atoms with Crippen molar-refractivity contribution in [2.24, 2.45) is 52.3 Å². The highest BCUT2D eigenvalue weighted by atomic mass is 32.2. The zero-order valence-corrected chi connectivity index (χ0v) is 18.2. The predicted octanol–water partition coefficient (Wildman–Crippen LogP) is 2.43. The second kappa shape index (κ2) is 6.20. The lowest BCUT2D eigenvalue weighted by Crippen LogP contribution is -2.41. The van der Waals surface area contributed by atoms with Crippen LogP contribution in [-0.2, 0) is 34.2 Å². The van der Waals surface area contributed by atoms with E-state index in [1.54, 1.807) is 0 Å². The fraction of sp³-hybridized carbons (Fsp3) is 0.857. The van der Waals surface area contributed by atoms with Crippen molar-refractivity contribution < 1.29 is 27.1 Å². The molecule has 9 atom stereocenters. The molecule has 4 bridgehead atoms. The van der Waals surface area contributed by atoms with E-state index in [0.717, 1.165) is 12.8 Å². The summed E-state index contributed by atoms with van der Waals surface area (Å²) in [5, 5.41) is 0.687. The quantitative estimate of drug-likeness (QED) is 0.631. The first kappa shape index (κ1) is 19.8. The van der Waals surface area contributed by atoms with Gasteiger partial charge in [0.1, 0.15) is 5.78 Å². The van der Waals surface area contributed by atoms with Gasteiger partial charge in [0, 0.05) is 6.42 Å². The molecule has 0 radical (unpaired) electrons. The Morgan fingerprint density at radius 3 is 2.14 bits per heavy atom. The van der Waals surface area contributed by atoms with Crippen molar-refractivity contribution in [3.05, 3.63) is 0 Å². The zero-order valence-electron chi connectivity index (χ0n) is 17.4. The van der Waals surface area contributed by atoms with E-state index in [1.807, 2.05) is 0 Å². The minimum absolute atomic E-state index is 0.00958. The summed E-state index contributed by atoms with van der Waals surface area (Å²) in [5.41, 5.74) is -0.869. The number of amides is 2. The predicted molar refractivity (Wildman–Crippen MR) is 102 cm³/mol. The van der Waals surface area contributed by atoms with Crippen LogP contribution in [0.25, 0.3) is 0 Å². The number of fused-ring (bicyclic) bond motifs is 7. The van der Waals surface area contributed by atoms with Crippen LogP contribution in [-0.4, -0.2) is 33.5 Å². The van der Waals surface area contributed by atoms with Gasteiger partial charge < -0.3 is 0 Å². The fourth-order valence-corrected chi connectivity index (χ4v) is 8.08. The number of Topliss-reactive ketones (excluding diaryl/α,β-unsaturated/α-hetero) is 1. The molecule has 9 unspecified atom stereocenters. The van der Waals surface area contributed by atoms with E-state index in [1.165, 1.54) is 0 Å². The van der Waals surface area contributed by atoms with Crippen LogP contribution in [0.2, 0.25) is 0 Å². The number of ketones is 1. The van der Waals surface area contributed by atoms with Crippen molar-refractivity contribution in [2.75, 3.05) is 6.61 Å². The number of hydrogen-bond acceptors (Lipinski definition) is 6. The standard InChI is InChI=1S/C21H29NO6S/c1-10-11(2)14-8-13(10)16-17(14)19(25)22(18(16)24)28-29(26)27-9-21-6-5-12(7-15(21)23)20(21,3)4/h10-14,16-17H,5-9H2,1-4H3. The molecule has 7 nitrogen and oxygen atoms in total. The van der Waals surface area contributed by atoms with Crippen LogP contribution in [0.4, 0.5) is 0 Å². The third-order valence-corrected chi connectivity index (χ3v) is 10.3. The lowest BCUT2D eigenvalue weighted by Gasteiger charge is -2.35. The number of carbonyl (C=O) groups excluding carboxylic acids is 3. The summed E-state index contributed by atoms with van der Waals surface area (Å²) in [6.07, 6.45) is 3.12. The van der Waals surface area contributed by atoms with Crippen LogP contribution >= 0.6 is 0 Å². The molecule has 2 amide bonds. The number of nitrogens with zero attached hydrogens (tertiary/aromatic N) is 1. The summed E-state index contributed by atoms with van der Waals surface area (Å²) >= 11 is -2.30. The third-order valence-electron chi connectivity index (χ3n) is 9.68. The van der Waals surface area contributed by atoms with Crippen LogP contribution in [0.5, 0.6) is 0 Å². The average molecular weight is 424 g/mol. The molecule has 0 aromatic rings. The molecule has 0 spiro atoms. The molecule has 0 aromatic carbocycles. The maximum Gasteiger partial charge on any atom is 0.328 e. The molecule has 0 aromatic heterocycles. The van der Waals surface area contributed by atoms with Crippen LogP contribution in [0.1, 0.15) is 53.4 Å². The molecule has 160 valence electrons. The molecule has 5 aliphatic rings. The fourth-order valence-electron chi connectivity index (χ4n) is 7.47. The van der Waals surface area contributed by atoms with Gasteiger partial charge in [-0.25, -0.2) is 0 Å². The molecule has 1 aliphatic heterocycles. The van der Waals surface area contributed by atoms with Gasteiger partial charge in [0.2, 0.25) is 0 Å². The molecule has 5 rings (SSSR count). The van der Waals surface area contributed by atoms with Gasteiger partial charge in [-0.1, -0.05) is 27.7 Å². The van der Waals surface area contributed by atoms with Gasteiger partial charge in [-0.15, -0.1) is 9.35 Å². The first-order chi connectivity index (χ1) is 13.6.